The van der Waals surface area contributed by atoms with E-state index < -0.39 is 5.60 Å². The quantitative estimate of drug-likeness (QED) is 0.898. The molecule has 1 fully saturated rings. The number of ether oxygens (including phenoxy) is 2. The number of anilines is 1. The van der Waals surface area contributed by atoms with Crippen molar-refractivity contribution < 1.29 is 14.3 Å². The molecule has 0 radical (unpaired) electrons. The van der Waals surface area contributed by atoms with Gasteiger partial charge in [-0.2, -0.15) is 0 Å². The van der Waals surface area contributed by atoms with Gasteiger partial charge in [-0.1, -0.05) is 0 Å². The molecule has 1 aromatic rings. The monoisotopic (exact) mass is 320 g/mol. The van der Waals surface area contributed by atoms with E-state index in [1.54, 1.807) is 11.2 Å². The molecule has 2 aliphatic heterocycles. The average Bonchev–Trinajstić information content (AvgIpc) is 2.98. The molecule has 0 bridgehead atoms. The summed E-state index contributed by atoms with van der Waals surface area (Å²) in [5.74, 6) is 0.804. The Morgan fingerprint density at radius 2 is 2.26 bits per heavy atom. The fraction of sp³-hybridized carbons (Fsp3) is 0.688. The lowest BCUT2D eigenvalue weighted by Crippen LogP contribution is -2.40. The van der Waals surface area contributed by atoms with E-state index in [1.165, 1.54) is 0 Å². The molecular formula is C16H24N4O3. The van der Waals surface area contributed by atoms with E-state index >= 15 is 0 Å². The first kappa shape index (κ1) is 16.0. The number of hydrogen-bond donors (Lipinski definition) is 1. The summed E-state index contributed by atoms with van der Waals surface area (Å²) in [6, 6.07) is 0.269. The summed E-state index contributed by atoms with van der Waals surface area (Å²) in [6.45, 7) is 8.17. The fourth-order valence-corrected chi connectivity index (χ4v) is 2.79. The van der Waals surface area contributed by atoms with Crippen LogP contribution in [0.15, 0.2) is 6.33 Å². The van der Waals surface area contributed by atoms with Crippen molar-refractivity contribution in [1.82, 2.24) is 14.9 Å². The highest BCUT2D eigenvalue weighted by molar-refractivity contribution is 5.69. The van der Waals surface area contributed by atoms with Crippen molar-refractivity contribution in [1.29, 1.82) is 0 Å². The second-order valence-corrected chi connectivity index (χ2v) is 7.00. The Balaban J connectivity index is 1.74. The first-order valence-electron chi connectivity index (χ1n) is 8.07. The molecule has 1 amide bonds. The van der Waals surface area contributed by atoms with Crippen LogP contribution in [0.1, 0.15) is 38.4 Å². The summed E-state index contributed by atoms with van der Waals surface area (Å²) in [4.78, 5) is 22.7. The lowest BCUT2D eigenvalue weighted by atomic mass is 10.1. The molecule has 0 aliphatic carbocycles. The Labute approximate surface area is 136 Å². The van der Waals surface area contributed by atoms with Gasteiger partial charge in [-0.05, 0) is 27.2 Å². The van der Waals surface area contributed by atoms with Gasteiger partial charge in [0.05, 0.1) is 24.9 Å². The van der Waals surface area contributed by atoms with Gasteiger partial charge in [0.25, 0.3) is 0 Å². The molecule has 2 aliphatic rings. The minimum Gasteiger partial charge on any atom is -0.444 e. The SMILES string of the molecule is CC(C)(C)OC(=O)N1CCc2ncnc(NC3CCOC3)c2C1. The van der Waals surface area contributed by atoms with Gasteiger partial charge >= 0.3 is 6.09 Å². The fourth-order valence-electron chi connectivity index (χ4n) is 2.79. The molecule has 1 unspecified atom stereocenters. The van der Waals surface area contributed by atoms with Gasteiger partial charge in [0.15, 0.2) is 0 Å². The minimum atomic E-state index is -0.493. The largest absolute Gasteiger partial charge is 0.444 e. The van der Waals surface area contributed by atoms with E-state index in [-0.39, 0.29) is 12.1 Å². The van der Waals surface area contributed by atoms with Crippen LogP contribution in [0.3, 0.4) is 0 Å². The van der Waals surface area contributed by atoms with Crippen molar-refractivity contribution >= 4 is 11.9 Å². The molecule has 1 saturated heterocycles. The summed E-state index contributed by atoms with van der Waals surface area (Å²) < 4.78 is 10.9. The molecule has 7 nitrogen and oxygen atoms in total. The minimum absolute atomic E-state index is 0.269. The molecule has 1 atom stereocenters. The maximum atomic E-state index is 12.3. The van der Waals surface area contributed by atoms with Crippen LogP contribution in [0, 0.1) is 0 Å². The third-order valence-corrected chi connectivity index (χ3v) is 3.92. The zero-order valence-electron chi connectivity index (χ0n) is 14.0. The predicted molar refractivity (Wildman–Crippen MR) is 85.2 cm³/mol. The van der Waals surface area contributed by atoms with Crippen molar-refractivity contribution in [2.24, 2.45) is 0 Å². The summed E-state index contributed by atoms with van der Waals surface area (Å²) in [7, 11) is 0. The van der Waals surface area contributed by atoms with Gasteiger partial charge in [0.2, 0.25) is 0 Å². The zero-order chi connectivity index (χ0) is 16.4. The Bertz CT molecular complexity index is 579. The Kier molecular flexibility index (Phi) is 4.39. The number of amides is 1. The first-order valence-corrected chi connectivity index (χ1v) is 8.07. The number of nitrogens with one attached hydrogen (secondary N) is 1. The Morgan fingerprint density at radius 1 is 1.43 bits per heavy atom. The van der Waals surface area contributed by atoms with Gasteiger partial charge in [-0.3, -0.25) is 0 Å². The smallest absolute Gasteiger partial charge is 0.410 e. The van der Waals surface area contributed by atoms with Crippen LogP contribution in [0.2, 0.25) is 0 Å². The Morgan fingerprint density at radius 3 is 2.96 bits per heavy atom. The average molecular weight is 320 g/mol. The van der Waals surface area contributed by atoms with E-state index in [0.717, 1.165) is 30.1 Å². The molecule has 3 rings (SSSR count). The van der Waals surface area contributed by atoms with Crippen LogP contribution in [0.4, 0.5) is 10.6 Å². The number of rotatable bonds is 2. The third kappa shape index (κ3) is 3.90. The molecule has 126 valence electrons. The van der Waals surface area contributed by atoms with Crippen LogP contribution in [0.5, 0.6) is 0 Å². The van der Waals surface area contributed by atoms with E-state index in [0.29, 0.717) is 26.1 Å². The number of fused-ring (bicyclic) bond motifs is 1. The maximum Gasteiger partial charge on any atom is 0.410 e. The summed E-state index contributed by atoms with van der Waals surface area (Å²) in [5.41, 5.74) is 1.49. The van der Waals surface area contributed by atoms with Gasteiger partial charge in [0, 0.05) is 25.1 Å². The Hall–Kier alpha value is -1.89. The van der Waals surface area contributed by atoms with Crippen LogP contribution < -0.4 is 5.32 Å². The number of carbonyl (C=O) groups is 1. The zero-order valence-corrected chi connectivity index (χ0v) is 14.0. The number of nitrogens with zero attached hydrogens (tertiary/aromatic N) is 3. The van der Waals surface area contributed by atoms with Gasteiger partial charge < -0.3 is 19.7 Å². The normalized spacial score (nSPS) is 21.0. The van der Waals surface area contributed by atoms with Gasteiger partial charge in [-0.15, -0.1) is 0 Å². The summed E-state index contributed by atoms with van der Waals surface area (Å²) in [5, 5.41) is 3.42. The van der Waals surface area contributed by atoms with Crippen molar-refractivity contribution in [2.75, 3.05) is 25.1 Å². The molecule has 0 saturated carbocycles. The second-order valence-electron chi connectivity index (χ2n) is 7.00. The number of hydrogen-bond acceptors (Lipinski definition) is 6. The van der Waals surface area contributed by atoms with Crippen molar-refractivity contribution in [3.63, 3.8) is 0 Å². The molecule has 23 heavy (non-hydrogen) atoms. The standard InChI is InChI=1S/C16H24N4O3/c1-16(2,3)23-15(21)20-6-4-13-12(8-20)14(18-10-17-13)19-11-5-7-22-9-11/h10-11H,4-9H2,1-3H3,(H,17,18,19). The molecule has 1 aromatic heterocycles. The molecule has 0 aromatic carbocycles. The highest BCUT2D eigenvalue weighted by Gasteiger charge is 2.29. The lowest BCUT2D eigenvalue weighted by molar-refractivity contribution is 0.0223. The van der Waals surface area contributed by atoms with E-state index in [4.69, 9.17) is 9.47 Å². The first-order chi connectivity index (χ1) is 10.9. The highest BCUT2D eigenvalue weighted by atomic mass is 16.6. The maximum absolute atomic E-state index is 12.3. The third-order valence-electron chi connectivity index (χ3n) is 3.92. The second kappa shape index (κ2) is 6.31. The molecule has 3 heterocycles. The van der Waals surface area contributed by atoms with Crippen molar-refractivity contribution in [2.45, 2.75) is 51.8 Å². The lowest BCUT2D eigenvalue weighted by Gasteiger charge is -2.31. The number of aromatic nitrogens is 2. The van der Waals surface area contributed by atoms with Crippen LogP contribution in [-0.4, -0.2) is 52.4 Å². The molecule has 1 N–H and O–H groups in total. The predicted octanol–water partition coefficient (Wildman–Crippen LogP) is 1.97. The summed E-state index contributed by atoms with van der Waals surface area (Å²) in [6.07, 6.45) is 2.98. The van der Waals surface area contributed by atoms with Gasteiger partial charge in [0.1, 0.15) is 17.7 Å². The van der Waals surface area contributed by atoms with Crippen LogP contribution >= 0.6 is 0 Å². The highest BCUT2D eigenvalue weighted by Crippen LogP contribution is 2.25. The summed E-state index contributed by atoms with van der Waals surface area (Å²) >= 11 is 0. The van der Waals surface area contributed by atoms with E-state index in [1.807, 2.05) is 20.8 Å². The molecule has 7 heteroatoms. The topological polar surface area (TPSA) is 76.6 Å². The molecular weight excluding hydrogens is 296 g/mol. The molecule has 0 spiro atoms. The van der Waals surface area contributed by atoms with Crippen molar-refractivity contribution in [3.05, 3.63) is 17.6 Å². The van der Waals surface area contributed by atoms with E-state index in [2.05, 4.69) is 15.3 Å². The van der Waals surface area contributed by atoms with Gasteiger partial charge in [-0.25, -0.2) is 14.8 Å². The van der Waals surface area contributed by atoms with Crippen LogP contribution in [0.25, 0.3) is 0 Å². The van der Waals surface area contributed by atoms with Crippen LogP contribution in [-0.2, 0) is 22.4 Å². The number of carbonyl (C=O) groups excluding carboxylic acids is 1. The van der Waals surface area contributed by atoms with E-state index in [9.17, 15) is 4.79 Å². The van der Waals surface area contributed by atoms with Crippen molar-refractivity contribution in [3.8, 4) is 0 Å².